The highest BCUT2D eigenvalue weighted by Gasteiger charge is 2.19. The molecule has 0 bridgehead atoms. The van der Waals surface area contributed by atoms with Crippen molar-refractivity contribution >= 4 is 43.3 Å². The van der Waals surface area contributed by atoms with E-state index in [2.05, 4.69) is 20.9 Å². The first-order chi connectivity index (χ1) is 9.79. The average molecular weight is 391 g/mol. The smallest absolute Gasteiger partial charge is 0.337 e. The van der Waals surface area contributed by atoms with Crippen molar-refractivity contribution in [3.8, 4) is 0 Å². The van der Waals surface area contributed by atoms with Crippen LogP contribution in [0, 0.1) is 0 Å². The van der Waals surface area contributed by atoms with Crippen LogP contribution in [0.15, 0.2) is 45.9 Å². The largest absolute Gasteiger partial charge is 0.478 e. The molecule has 2 rings (SSSR count). The summed E-state index contributed by atoms with van der Waals surface area (Å²) in [6.07, 6.45) is 1.50. The van der Waals surface area contributed by atoms with Crippen molar-refractivity contribution in [3.63, 3.8) is 0 Å². The monoisotopic (exact) mass is 389 g/mol. The topological polar surface area (TPSA) is 84.3 Å². The van der Waals surface area contributed by atoms with E-state index in [0.29, 0.717) is 5.69 Å². The summed E-state index contributed by atoms with van der Waals surface area (Å²) in [7, 11) is -3.70. The lowest BCUT2D eigenvalue weighted by Crippen LogP contribution is -2.08. The van der Waals surface area contributed by atoms with Gasteiger partial charge in [0.1, 0.15) is 0 Å². The Morgan fingerprint density at radius 2 is 2.00 bits per heavy atom. The van der Waals surface area contributed by atoms with E-state index < -0.39 is 15.8 Å². The third kappa shape index (κ3) is 3.81. The van der Waals surface area contributed by atoms with E-state index in [0.717, 1.165) is 10.5 Å². The number of carbonyl (C=O) groups is 1. The second kappa shape index (κ2) is 6.13. The van der Waals surface area contributed by atoms with Gasteiger partial charge in [0.2, 0.25) is 0 Å². The van der Waals surface area contributed by atoms with Crippen LogP contribution in [0.3, 0.4) is 0 Å². The van der Waals surface area contributed by atoms with Gasteiger partial charge in [0, 0.05) is 10.7 Å². The summed E-state index contributed by atoms with van der Waals surface area (Å²) < 4.78 is 25.3. The number of rotatable bonds is 4. The number of halogens is 2. The van der Waals surface area contributed by atoms with Crippen molar-refractivity contribution in [3.05, 3.63) is 57.3 Å². The molecular weight excluding hydrogens is 382 g/mol. The zero-order valence-electron chi connectivity index (χ0n) is 10.5. The first-order valence-corrected chi connectivity index (χ1v) is 8.48. The van der Waals surface area contributed by atoms with E-state index >= 15 is 0 Å². The molecule has 0 atom stereocenters. The Morgan fingerprint density at radius 3 is 2.57 bits per heavy atom. The van der Waals surface area contributed by atoms with Crippen molar-refractivity contribution in [2.45, 2.75) is 10.6 Å². The van der Waals surface area contributed by atoms with Crippen LogP contribution in [0.2, 0.25) is 5.02 Å². The van der Waals surface area contributed by atoms with Crippen molar-refractivity contribution in [1.29, 1.82) is 0 Å². The molecule has 0 aliphatic carbocycles. The van der Waals surface area contributed by atoms with Crippen LogP contribution < -0.4 is 0 Å². The maximum absolute atomic E-state index is 12.3. The summed E-state index contributed by atoms with van der Waals surface area (Å²) in [5.74, 6) is -1.60. The third-order valence-electron chi connectivity index (χ3n) is 2.65. The molecule has 0 radical (unpaired) electrons. The molecule has 1 heterocycles. The Bertz CT molecular complexity index is 790. The lowest BCUT2D eigenvalue weighted by atomic mass is 10.2. The van der Waals surface area contributed by atoms with Crippen LogP contribution in [-0.4, -0.2) is 24.5 Å². The maximum atomic E-state index is 12.3. The molecule has 1 aromatic carbocycles. The van der Waals surface area contributed by atoms with E-state index in [9.17, 15) is 13.2 Å². The molecule has 0 saturated carbocycles. The van der Waals surface area contributed by atoms with Crippen molar-refractivity contribution in [2.24, 2.45) is 0 Å². The summed E-state index contributed by atoms with van der Waals surface area (Å²) in [6, 6.07) is 6.85. The Labute approximate surface area is 134 Å². The quantitative estimate of drug-likeness (QED) is 0.867. The van der Waals surface area contributed by atoms with E-state index in [-0.39, 0.29) is 21.2 Å². The molecule has 2 aromatic rings. The number of nitrogens with zero attached hydrogens (tertiary/aromatic N) is 1. The van der Waals surface area contributed by atoms with Gasteiger partial charge >= 0.3 is 5.97 Å². The molecule has 110 valence electrons. The normalized spacial score (nSPS) is 11.3. The fraction of sp³-hybridized carbons (Fsp3) is 0.0769. The van der Waals surface area contributed by atoms with Gasteiger partial charge in [-0.15, -0.1) is 0 Å². The Kier molecular flexibility index (Phi) is 4.65. The summed E-state index contributed by atoms with van der Waals surface area (Å²) >= 11 is 8.94. The van der Waals surface area contributed by atoms with Crippen LogP contribution in [0.4, 0.5) is 0 Å². The average Bonchev–Trinajstić information content (AvgIpc) is 2.41. The second-order valence-electron chi connectivity index (χ2n) is 4.17. The van der Waals surface area contributed by atoms with Gasteiger partial charge in [-0.1, -0.05) is 11.6 Å². The number of hydrogen-bond acceptors (Lipinski definition) is 4. The fourth-order valence-electron chi connectivity index (χ4n) is 1.63. The Balaban J connectivity index is 2.38. The predicted molar refractivity (Wildman–Crippen MR) is 81.2 cm³/mol. The summed E-state index contributed by atoms with van der Waals surface area (Å²) in [5.41, 5.74) is 0.117. The van der Waals surface area contributed by atoms with E-state index in [1.807, 2.05) is 0 Å². The molecule has 0 amide bonds. The molecule has 0 saturated heterocycles. The van der Waals surface area contributed by atoms with Gasteiger partial charge in [-0.25, -0.2) is 13.2 Å². The number of aromatic carboxylic acids is 1. The fourth-order valence-corrected chi connectivity index (χ4v) is 3.36. The molecule has 1 N–H and O–H groups in total. The summed E-state index contributed by atoms with van der Waals surface area (Å²) in [6.45, 7) is 0. The predicted octanol–water partition coefficient (Wildman–Crippen LogP) is 3.17. The number of benzene rings is 1. The second-order valence-corrected chi connectivity index (χ2v) is 7.49. The molecule has 0 fully saturated rings. The lowest BCUT2D eigenvalue weighted by molar-refractivity contribution is 0.0697. The molecule has 5 nitrogen and oxygen atoms in total. The molecule has 21 heavy (non-hydrogen) atoms. The van der Waals surface area contributed by atoms with E-state index in [1.165, 1.54) is 18.3 Å². The van der Waals surface area contributed by atoms with Gasteiger partial charge in [-0.2, -0.15) is 0 Å². The van der Waals surface area contributed by atoms with Crippen LogP contribution in [0.25, 0.3) is 0 Å². The van der Waals surface area contributed by atoms with E-state index in [1.54, 1.807) is 12.1 Å². The van der Waals surface area contributed by atoms with Crippen LogP contribution >= 0.6 is 27.5 Å². The molecule has 0 unspecified atom stereocenters. The molecule has 1 aromatic heterocycles. The lowest BCUT2D eigenvalue weighted by Gasteiger charge is -2.06. The molecule has 0 aliphatic heterocycles. The van der Waals surface area contributed by atoms with Gasteiger partial charge in [0.15, 0.2) is 9.84 Å². The van der Waals surface area contributed by atoms with Gasteiger partial charge in [0.25, 0.3) is 0 Å². The maximum Gasteiger partial charge on any atom is 0.337 e. The molecule has 0 spiro atoms. The highest BCUT2D eigenvalue weighted by atomic mass is 79.9. The van der Waals surface area contributed by atoms with Crippen molar-refractivity contribution in [2.75, 3.05) is 0 Å². The number of aromatic nitrogens is 1. The van der Waals surface area contributed by atoms with Gasteiger partial charge in [-0.3, -0.25) is 4.98 Å². The van der Waals surface area contributed by atoms with Crippen LogP contribution in [-0.2, 0) is 15.6 Å². The summed E-state index contributed by atoms with van der Waals surface area (Å²) in [5, 5.41) is 8.97. The number of sulfone groups is 1. The van der Waals surface area contributed by atoms with Gasteiger partial charge < -0.3 is 5.11 Å². The highest BCUT2D eigenvalue weighted by molar-refractivity contribution is 9.10. The standard InChI is InChI=1S/C13H9BrClNO4S/c14-8-1-2-9(16-6-8)7-21(19,20)10-3-4-12(15)11(5-10)13(17)18/h1-6H,7H2,(H,17,18). The Morgan fingerprint density at radius 1 is 1.29 bits per heavy atom. The third-order valence-corrected chi connectivity index (χ3v) is 5.10. The molecule has 8 heteroatoms. The van der Waals surface area contributed by atoms with Crippen LogP contribution in [0.1, 0.15) is 16.1 Å². The zero-order chi connectivity index (χ0) is 15.6. The first-order valence-electron chi connectivity index (χ1n) is 5.65. The SMILES string of the molecule is O=C(O)c1cc(S(=O)(=O)Cc2ccc(Br)cn2)ccc1Cl. The van der Waals surface area contributed by atoms with E-state index in [4.69, 9.17) is 16.7 Å². The number of hydrogen-bond donors (Lipinski definition) is 1. The molecular formula is C13H9BrClNO4S. The molecule has 0 aliphatic rings. The number of carboxylic acid groups (broad SMARTS) is 1. The number of pyridine rings is 1. The zero-order valence-corrected chi connectivity index (χ0v) is 13.6. The minimum absolute atomic E-state index is 0.0109. The van der Waals surface area contributed by atoms with Gasteiger partial charge in [-0.05, 0) is 46.3 Å². The Hall–Kier alpha value is -1.44. The van der Waals surface area contributed by atoms with Crippen LogP contribution in [0.5, 0.6) is 0 Å². The van der Waals surface area contributed by atoms with Crippen molar-refractivity contribution < 1.29 is 18.3 Å². The first kappa shape index (κ1) is 15.9. The number of carboxylic acids is 1. The van der Waals surface area contributed by atoms with Gasteiger partial charge in [0.05, 0.1) is 26.9 Å². The minimum atomic E-state index is -3.70. The van der Waals surface area contributed by atoms with Crippen molar-refractivity contribution in [1.82, 2.24) is 4.98 Å². The summed E-state index contributed by atoms with van der Waals surface area (Å²) in [4.78, 5) is 14.9. The highest BCUT2D eigenvalue weighted by Crippen LogP contribution is 2.23. The minimum Gasteiger partial charge on any atom is -0.478 e.